The zero-order chi connectivity index (χ0) is 34.0. The van der Waals surface area contributed by atoms with Crippen molar-refractivity contribution in [3.05, 3.63) is 0 Å². The molecule has 3 unspecified atom stereocenters. The molecule has 0 bridgehead atoms. The second-order valence-corrected chi connectivity index (χ2v) is 13.9. The van der Waals surface area contributed by atoms with Crippen LogP contribution in [0.15, 0.2) is 0 Å². The highest BCUT2D eigenvalue weighted by Gasteiger charge is 2.44. The average molecular weight is 660 g/mol. The maximum atomic E-state index is 13.3. The molecule has 1 rings (SSSR count). The van der Waals surface area contributed by atoms with Gasteiger partial charge in [-0.15, -0.1) is 0 Å². The van der Waals surface area contributed by atoms with Crippen LogP contribution >= 0.6 is 0 Å². The van der Waals surface area contributed by atoms with Crippen LogP contribution in [0.1, 0.15) is 168 Å². The van der Waals surface area contributed by atoms with Crippen molar-refractivity contribution in [1.29, 1.82) is 0 Å². The van der Waals surface area contributed by atoms with Gasteiger partial charge < -0.3 is 40.3 Å². The van der Waals surface area contributed by atoms with Crippen LogP contribution in [0.2, 0.25) is 0 Å². The van der Waals surface area contributed by atoms with Crippen molar-refractivity contribution in [2.75, 3.05) is 19.7 Å². The molecule has 1 amide bonds. The summed E-state index contributed by atoms with van der Waals surface area (Å²) < 4.78 is 5.56. The highest BCUT2D eigenvalue weighted by atomic mass is 16.5. The number of aliphatic hydroxyl groups is 6. The van der Waals surface area contributed by atoms with Gasteiger partial charge in [0.05, 0.1) is 18.8 Å². The lowest BCUT2D eigenvalue weighted by Gasteiger charge is -2.41. The first-order valence-corrected chi connectivity index (χ1v) is 19.2. The van der Waals surface area contributed by atoms with E-state index in [4.69, 9.17) is 4.74 Å². The lowest BCUT2D eigenvalue weighted by atomic mass is 9.92. The van der Waals surface area contributed by atoms with Crippen molar-refractivity contribution >= 4 is 5.91 Å². The van der Waals surface area contributed by atoms with Crippen LogP contribution < -0.4 is 0 Å². The lowest BCUT2D eigenvalue weighted by Crippen LogP contribution is -2.59. The first-order chi connectivity index (χ1) is 22.3. The van der Waals surface area contributed by atoms with Gasteiger partial charge in [0.25, 0.3) is 5.91 Å². The Morgan fingerprint density at radius 1 is 0.609 bits per heavy atom. The average Bonchev–Trinajstić information content (AvgIpc) is 3.05. The number of carbonyl (C=O) groups excluding carboxylic acids is 1. The van der Waals surface area contributed by atoms with Crippen molar-refractivity contribution < 1.29 is 40.2 Å². The third kappa shape index (κ3) is 19.3. The Balaban J connectivity index is 2.50. The van der Waals surface area contributed by atoms with E-state index < -0.39 is 49.3 Å². The van der Waals surface area contributed by atoms with Crippen molar-refractivity contribution in [3.8, 4) is 0 Å². The van der Waals surface area contributed by atoms with E-state index in [1.165, 1.54) is 108 Å². The van der Waals surface area contributed by atoms with E-state index in [0.717, 1.165) is 38.5 Å². The molecule has 1 saturated heterocycles. The molecule has 0 aromatic carbocycles. The molecule has 1 aliphatic rings. The predicted octanol–water partition coefficient (Wildman–Crippen LogP) is 5.78. The van der Waals surface area contributed by atoms with E-state index in [1.54, 1.807) is 0 Å². The summed E-state index contributed by atoms with van der Waals surface area (Å²) >= 11 is 0. The molecule has 6 N–H and O–H groups in total. The molecule has 1 aliphatic heterocycles. The van der Waals surface area contributed by atoms with E-state index in [0.29, 0.717) is 13.0 Å². The lowest BCUT2D eigenvalue weighted by molar-refractivity contribution is -0.234. The van der Waals surface area contributed by atoms with Gasteiger partial charge >= 0.3 is 0 Å². The van der Waals surface area contributed by atoms with Gasteiger partial charge in [0.1, 0.15) is 30.5 Å². The fraction of sp³-hybridized carbons (Fsp3) is 0.973. The number of hydrogen-bond acceptors (Lipinski definition) is 8. The van der Waals surface area contributed by atoms with Crippen LogP contribution in [-0.2, 0) is 9.53 Å². The van der Waals surface area contributed by atoms with E-state index in [1.807, 2.05) is 0 Å². The second kappa shape index (κ2) is 28.1. The molecular formula is C37H73NO8. The molecule has 0 spiro atoms. The highest BCUT2D eigenvalue weighted by Crippen LogP contribution is 2.25. The Hall–Kier alpha value is -0.810. The fourth-order valence-corrected chi connectivity index (χ4v) is 6.56. The molecule has 46 heavy (non-hydrogen) atoms. The number of aliphatic hydroxyl groups excluding tert-OH is 6. The molecule has 0 aliphatic carbocycles. The van der Waals surface area contributed by atoms with Crippen LogP contribution in [0.4, 0.5) is 0 Å². The molecule has 0 radical (unpaired) electrons. The van der Waals surface area contributed by atoms with Gasteiger partial charge in [-0.05, 0) is 12.8 Å². The van der Waals surface area contributed by atoms with Gasteiger partial charge in [-0.2, -0.15) is 0 Å². The van der Waals surface area contributed by atoms with Gasteiger partial charge in [-0.25, -0.2) is 0 Å². The number of amides is 1. The van der Waals surface area contributed by atoms with Crippen LogP contribution in [-0.4, -0.2) is 104 Å². The molecule has 0 aromatic rings. The summed E-state index contributed by atoms with van der Waals surface area (Å²) in [4.78, 5) is 14.8. The van der Waals surface area contributed by atoms with Crippen LogP contribution in [0, 0.1) is 0 Å². The zero-order valence-corrected chi connectivity index (χ0v) is 29.6. The van der Waals surface area contributed by atoms with Crippen LogP contribution in [0.5, 0.6) is 0 Å². The van der Waals surface area contributed by atoms with E-state index in [-0.39, 0.29) is 18.9 Å². The van der Waals surface area contributed by atoms with E-state index in [9.17, 15) is 35.4 Å². The molecule has 9 heteroatoms. The number of nitrogens with zero attached hydrogens (tertiary/aromatic N) is 1. The fourth-order valence-electron chi connectivity index (χ4n) is 6.56. The molecule has 9 nitrogen and oxygen atoms in total. The standard InChI is InChI=1S/C37H73NO8/c1-3-5-7-9-11-13-14-15-16-17-18-20-22-24-26-38(37(45)31(41)25-23-21-19-12-10-8-6-4-2)28-30(40)27-32-34(42)36(44)35(43)33(29-39)46-32/h30-36,39-44H,3-29H2,1-2H3/t30?,31?,32?,33-,34+,35-,36-/m1/s1. The normalized spacial score (nSPS) is 23.0. The smallest absolute Gasteiger partial charge is 0.251 e. The monoisotopic (exact) mass is 660 g/mol. The van der Waals surface area contributed by atoms with Crippen LogP contribution in [0.3, 0.4) is 0 Å². The summed E-state index contributed by atoms with van der Waals surface area (Å²) in [5.74, 6) is -0.384. The Morgan fingerprint density at radius 3 is 1.48 bits per heavy atom. The van der Waals surface area contributed by atoms with Crippen LogP contribution in [0.25, 0.3) is 0 Å². The summed E-state index contributed by atoms with van der Waals surface area (Å²) in [7, 11) is 0. The largest absolute Gasteiger partial charge is 0.394 e. The molecular weight excluding hydrogens is 586 g/mol. The third-order valence-corrected chi connectivity index (χ3v) is 9.64. The SMILES string of the molecule is CCCCCCCCCCCCCCCCN(CC(O)CC1O[C@H](CO)[C@@H](O)[C@H](O)[C@H]1O)C(=O)C(O)CCCCCCCCCC. The van der Waals surface area contributed by atoms with Gasteiger partial charge in [0.15, 0.2) is 0 Å². The summed E-state index contributed by atoms with van der Waals surface area (Å²) in [5.41, 5.74) is 0. The molecule has 0 saturated carbocycles. The predicted molar refractivity (Wildman–Crippen MR) is 185 cm³/mol. The van der Waals surface area contributed by atoms with Gasteiger partial charge in [0.2, 0.25) is 0 Å². The van der Waals surface area contributed by atoms with Crippen molar-refractivity contribution in [1.82, 2.24) is 4.90 Å². The second-order valence-electron chi connectivity index (χ2n) is 13.9. The number of rotatable bonds is 30. The Morgan fingerprint density at radius 2 is 1.02 bits per heavy atom. The molecule has 0 aromatic heterocycles. The Bertz CT molecular complexity index is 711. The quantitative estimate of drug-likeness (QED) is 0.0531. The molecule has 1 fully saturated rings. The first-order valence-electron chi connectivity index (χ1n) is 19.2. The minimum Gasteiger partial charge on any atom is -0.394 e. The number of ether oxygens (including phenoxy) is 1. The maximum absolute atomic E-state index is 13.3. The van der Waals surface area contributed by atoms with Crippen molar-refractivity contribution in [2.24, 2.45) is 0 Å². The van der Waals surface area contributed by atoms with Crippen molar-refractivity contribution in [2.45, 2.75) is 211 Å². The highest BCUT2D eigenvalue weighted by molar-refractivity contribution is 5.80. The summed E-state index contributed by atoms with van der Waals surface area (Å²) in [5, 5.41) is 61.7. The minimum atomic E-state index is -1.51. The summed E-state index contributed by atoms with van der Waals surface area (Å²) in [6, 6.07) is 0. The molecule has 7 atom stereocenters. The van der Waals surface area contributed by atoms with E-state index in [2.05, 4.69) is 13.8 Å². The first kappa shape index (κ1) is 43.2. The number of carbonyl (C=O) groups is 1. The Labute approximate surface area is 281 Å². The van der Waals surface area contributed by atoms with E-state index >= 15 is 0 Å². The van der Waals surface area contributed by atoms with Crippen molar-refractivity contribution in [3.63, 3.8) is 0 Å². The number of hydrogen-bond donors (Lipinski definition) is 6. The maximum Gasteiger partial charge on any atom is 0.251 e. The summed E-state index contributed by atoms with van der Waals surface area (Å²) in [6.07, 6.45) is 17.9. The number of unbranched alkanes of at least 4 members (excludes halogenated alkanes) is 20. The molecule has 1 heterocycles. The third-order valence-electron chi connectivity index (χ3n) is 9.64. The summed E-state index contributed by atoms with van der Waals surface area (Å²) in [6.45, 7) is 4.32. The Kier molecular flexibility index (Phi) is 26.4. The van der Waals surface area contributed by atoms with Gasteiger partial charge in [-0.3, -0.25) is 4.79 Å². The topological polar surface area (TPSA) is 151 Å². The zero-order valence-electron chi connectivity index (χ0n) is 29.6. The van der Waals surface area contributed by atoms with Gasteiger partial charge in [-0.1, -0.05) is 149 Å². The van der Waals surface area contributed by atoms with Gasteiger partial charge in [0, 0.05) is 19.5 Å². The minimum absolute atomic E-state index is 0.0270. The molecule has 274 valence electrons.